The lowest BCUT2D eigenvalue weighted by Gasteiger charge is -2.35. The Labute approximate surface area is 437 Å². The molecule has 4 aliphatic rings. The zero-order valence-electron chi connectivity index (χ0n) is 40.0. The van der Waals surface area contributed by atoms with Gasteiger partial charge in [0.2, 0.25) is 17.7 Å². The Morgan fingerprint density at radius 2 is 1.47 bits per heavy atom. The summed E-state index contributed by atoms with van der Waals surface area (Å²) in [5.74, 6) is -0.728. The molecular formula is C35H44N16O24P4. The van der Waals surface area contributed by atoms with Gasteiger partial charge in [-0.3, -0.25) is 46.9 Å². The van der Waals surface area contributed by atoms with Crippen LogP contribution in [0.25, 0.3) is 33.5 Å². The number of fused-ring (bicyclic) bond motifs is 5. The van der Waals surface area contributed by atoms with Gasteiger partial charge in [-0.2, -0.15) is 18.9 Å². The first-order valence-electron chi connectivity index (χ1n) is 22.5. The molecule has 6 aromatic rings. The minimum absolute atomic E-state index is 0.000903. The van der Waals surface area contributed by atoms with Gasteiger partial charge in [-0.15, -0.1) is 0 Å². The van der Waals surface area contributed by atoms with Crippen LogP contribution in [0.15, 0.2) is 34.9 Å². The van der Waals surface area contributed by atoms with Crippen LogP contribution in [0, 0.1) is 11.3 Å². The van der Waals surface area contributed by atoms with E-state index in [0.717, 1.165) is 30.7 Å². The molecule has 7 unspecified atom stereocenters. The Balaban J connectivity index is 0.824. The normalized spacial score (nSPS) is 31.8. The standard InChI is InChI=1S/C35H44N16O24P4/c1-48-11-51(27-17(48)29(56)47-34(39)45-27)32-22-23(54)35(72-32,14(71-22)3-4-36)7-68-78(61,62)75-79(63,64)74-77(59,60)67-6-13-20(21(65-2)31(70-13)49-9-42-15-24(37)40-8-41-25(15)49)73-76(57,58)66-5-12-18(52)19(53)30(69-12)50-10-43-16-26(50)44-33(38)46-28(16)55/h8-14,18-23,30-32,52-54H,3,5-7H2,1-2H3,(H11-,37,38,39,40,41,44,45,46,47,55,56,57,58,59,60,61,62,63,64)/t12-,13-,14+,18?,19+,20?,21+,22?,23-,30-,31-,32-,35+/m1/s1. The Hall–Kier alpha value is -5.66. The average molecular weight is 1200 g/mol. The van der Waals surface area contributed by atoms with E-state index in [-0.39, 0.29) is 51.2 Å². The maximum Gasteiger partial charge on any atom is 0.490 e. The number of imidazole rings is 3. The SMILES string of the molecule is CO[C@H]1C(OP(=O)([O-])OC[C@H]2O[C@@H](n3cnc4c(=O)[nH]c(N)nc43)[C@@H](O)C2O)[C@@H](COP(=O)(O)OP(=O)(O)OP(=O)(O)OC[C@]23O[C@@H]([n+]4cn(C)c5c(=O)[nH]c(N)nc54)C(O[C@H]2CC#N)[C@H]3O)O[C@H]1n1cnc2c(N)ncnc21. The highest BCUT2D eigenvalue weighted by molar-refractivity contribution is 7.66. The van der Waals surface area contributed by atoms with Crippen molar-refractivity contribution in [1.82, 2.24) is 53.6 Å². The molecule has 0 radical (unpaired) electrons. The van der Waals surface area contributed by atoms with Gasteiger partial charge in [0, 0.05) is 7.11 Å². The summed E-state index contributed by atoms with van der Waals surface area (Å²) in [4.78, 5) is 99.2. The summed E-state index contributed by atoms with van der Waals surface area (Å²) in [5, 5.41) is 42.7. The molecule has 6 aromatic heterocycles. The third kappa shape index (κ3) is 10.5. The number of aromatic amines is 2. The number of hydrogen-bond acceptors (Lipinski definition) is 31. The molecule has 4 aliphatic heterocycles. The Morgan fingerprint density at radius 3 is 2.18 bits per heavy atom. The van der Waals surface area contributed by atoms with Crippen LogP contribution in [0.3, 0.4) is 0 Å². The van der Waals surface area contributed by atoms with Crippen LogP contribution in [-0.2, 0) is 75.7 Å². The van der Waals surface area contributed by atoms with Crippen molar-refractivity contribution < 1.29 is 108 Å². The lowest BCUT2D eigenvalue weighted by atomic mass is 9.92. The number of nitrogens with one attached hydrogen (secondary N) is 2. The second-order valence-corrected chi connectivity index (χ2v) is 23.7. The summed E-state index contributed by atoms with van der Waals surface area (Å²) in [6, 6.07) is 1.80. The van der Waals surface area contributed by atoms with Gasteiger partial charge in [0.15, 0.2) is 47.0 Å². The van der Waals surface area contributed by atoms with E-state index in [4.69, 9.17) is 59.0 Å². The van der Waals surface area contributed by atoms with Crippen molar-refractivity contribution in [2.45, 2.75) is 85.6 Å². The Morgan fingerprint density at radius 1 is 0.823 bits per heavy atom. The number of ether oxygens (including phenoxy) is 5. The average Bonchev–Trinajstić information content (AvgIpc) is 4.42. The molecule has 428 valence electrons. The lowest BCUT2D eigenvalue weighted by molar-refractivity contribution is -0.753. The van der Waals surface area contributed by atoms with Crippen molar-refractivity contribution >= 4 is 82.5 Å². The summed E-state index contributed by atoms with van der Waals surface area (Å²) in [6.07, 6.45) is -15.7. The minimum Gasteiger partial charge on any atom is -0.756 e. The molecule has 0 saturated carbocycles. The van der Waals surface area contributed by atoms with E-state index in [9.17, 15) is 68.0 Å². The van der Waals surface area contributed by atoms with Gasteiger partial charge in [0.1, 0.15) is 66.8 Å². The van der Waals surface area contributed by atoms with Gasteiger partial charge in [-0.25, -0.2) is 38.2 Å². The first kappa shape index (κ1) is 56.6. The summed E-state index contributed by atoms with van der Waals surface area (Å²) in [6.45, 7) is -3.59. The van der Waals surface area contributed by atoms with Crippen LogP contribution in [0.4, 0.5) is 17.7 Å². The van der Waals surface area contributed by atoms with Crippen molar-refractivity contribution in [3.05, 3.63) is 46.0 Å². The number of H-pyrrole nitrogens is 2. The van der Waals surface area contributed by atoms with Crippen molar-refractivity contribution in [2.75, 3.05) is 44.1 Å². The topological polar surface area (TPSA) is 578 Å². The summed E-state index contributed by atoms with van der Waals surface area (Å²) in [5.41, 5.74) is 13.3. The molecule has 40 nitrogen and oxygen atoms in total. The highest BCUT2D eigenvalue weighted by Crippen LogP contribution is 2.68. The molecule has 14 N–H and O–H groups in total. The number of nitrogen functional groups attached to an aromatic ring is 3. The number of phosphoric ester groups is 3. The van der Waals surface area contributed by atoms with E-state index in [2.05, 4.69) is 48.5 Å². The van der Waals surface area contributed by atoms with Gasteiger partial charge in [-0.1, -0.05) is 4.98 Å². The van der Waals surface area contributed by atoms with Gasteiger partial charge < -0.3 is 84.8 Å². The minimum atomic E-state index is -6.28. The lowest BCUT2D eigenvalue weighted by Crippen LogP contribution is -2.54. The van der Waals surface area contributed by atoms with E-state index in [1.165, 1.54) is 27.1 Å². The number of nitriles is 1. The van der Waals surface area contributed by atoms with E-state index in [0.29, 0.717) is 0 Å². The molecule has 44 heteroatoms. The predicted octanol–water partition coefficient (Wildman–Crippen LogP) is -4.65. The van der Waals surface area contributed by atoms with Crippen LogP contribution in [0.1, 0.15) is 25.1 Å². The third-order valence-corrected chi connectivity index (χ3v) is 18.0. The van der Waals surface area contributed by atoms with Crippen molar-refractivity contribution in [3.63, 3.8) is 0 Å². The number of nitrogens with two attached hydrogens (primary N) is 3. The third-order valence-electron chi connectivity index (χ3n) is 12.8. The van der Waals surface area contributed by atoms with Crippen molar-refractivity contribution in [1.29, 1.82) is 5.26 Å². The summed E-state index contributed by atoms with van der Waals surface area (Å²) in [7, 11) is -21.5. The number of anilines is 3. The predicted molar refractivity (Wildman–Crippen MR) is 249 cm³/mol. The van der Waals surface area contributed by atoms with E-state index < -0.39 is 148 Å². The second kappa shape index (κ2) is 20.7. The maximum atomic E-state index is 13.6. The van der Waals surface area contributed by atoms with E-state index >= 15 is 0 Å². The monoisotopic (exact) mass is 1200 g/mol. The molecule has 10 rings (SSSR count). The molecule has 0 aliphatic carbocycles. The number of aliphatic hydroxyl groups is 3. The highest BCUT2D eigenvalue weighted by atomic mass is 31.3. The summed E-state index contributed by atoms with van der Waals surface area (Å²) >= 11 is 0. The number of phosphoric acid groups is 4. The molecule has 4 fully saturated rings. The molecule has 10 heterocycles. The van der Waals surface area contributed by atoms with Crippen molar-refractivity contribution in [2.24, 2.45) is 7.05 Å². The molecule has 4 saturated heterocycles. The van der Waals surface area contributed by atoms with Crippen LogP contribution in [-0.4, -0.2) is 171 Å². The van der Waals surface area contributed by atoms with Crippen LogP contribution < -0.4 is 37.8 Å². The quantitative estimate of drug-likeness (QED) is 0.0253. The molecule has 0 spiro atoms. The van der Waals surface area contributed by atoms with E-state index in [1.807, 2.05) is 0 Å². The smallest absolute Gasteiger partial charge is 0.490 e. The number of nitrogens with zero attached hydrogens (tertiary/aromatic N) is 11. The number of rotatable bonds is 20. The zero-order valence-corrected chi connectivity index (χ0v) is 43.6. The molecule has 0 aromatic carbocycles. The maximum absolute atomic E-state index is 13.6. The molecule has 2 bridgehead atoms. The van der Waals surface area contributed by atoms with E-state index in [1.54, 1.807) is 6.07 Å². The fourth-order valence-corrected chi connectivity index (χ4v) is 13.9. The zero-order chi connectivity index (χ0) is 56.9. The highest BCUT2D eigenvalue weighted by Gasteiger charge is 2.69. The second-order valence-electron chi connectivity index (χ2n) is 17.7. The van der Waals surface area contributed by atoms with Crippen LogP contribution in [0.2, 0.25) is 0 Å². The number of methoxy groups -OCH3 is 1. The molecule has 0 amide bonds. The van der Waals surface area contributed by atoms with Gasteiger partial charge in [0.25, 0.3) is 24.9 Å². The fraction of sp³-hybridized carbons (Fsp3) is 0.543. The van der Waals surface area contributed by atoms with Gasteiger partial charge in [-0.05, 0) is 0 Å². The number of aryl methyl sites for hydroxylation is 1. The first-order chi connectivity index (χ1) is 37.2. The first-order valence-corrected chi connectivity index (χ1v) is 28.4. The Kier molecular flexibility index (Phi) is 14.8. The largest absolute Gasteiger partial charge is 0.756 e. The Bertz CT molecular complexity index is 3720. The van der Waals surface area contributed by atoms with Crippen molar-refractivity contribution in [3.8, 4) is 6.07 Å². The summed E-state index contributed by atoms with van der Waals surface area (Å²) < 4.78 is 116. The molecule has 79 heavy (non-hydrogen) atoms. The molecule has 17 atom stereocenters. The van der Waals surface area contributed by atoms with Crippen LogP contribution in [0.5, 0.6) is 0 Å². The van der Waals surface area contributed by atoms with Gasteiger partial charge >= 0.3 is 29.1 Å². The fourth-order valence-electron chi connectivity index (χ4n) is 9.44. The van der Waals surface area contributed by atoms with Crippen LogP contribution >= 0.6 is 31.3 Å². The number of aliphatic hydroxyl groups excluding tert-OH is 3. The van der Waals surface area contributed by atoms with Gasteiger partial charge in [0.05, 0.1) is 52.0 Å². The number of hydrogen-bond donors (Lipinski definition) is 11. The number of aromatic nitrogens is 12. The molecular weight excluding hydrogens is 1150 g/mol.